The maximum Gasteiger partial charge on any atom is 0.325 e. The lowest BCUT2D eigenvalue weighted by Crippen LogP contribution is -2.60. The first-order chi connectivity index (χ1) is 13.6. The quantitative estimate of drug-likeness (QED) is 0.394. The number of aromatic nitrogens is 3. The standard InChI is InChI=1S/C20H20N4O2S2/c1-3-4-10-28-20-21-18(26)17-15-7-5-6-8-16(15)23(13(2)25)19(24(17)22-20)14-9-11-27-12-14/h5-9,11-12,19H,3-4,10H2,1-2H3/p+1. The Hall–Kier alpha value is -2.45. The Kier molecular flexibility index (Phi) is 5.32. The maximum atomic E-state index is 13.0. The average Bonchev–Trinajstić information content (AvgIpc) is 3.21. The summed E-state index contributed by atoms with van der Waals surface area (Å²) in [7, 11) is 0. The lowest BCUT2D eigenvalue weighted by molar-refractivity contribution is -0.763. The third-order valence-corrected chi connectivity index (χ3v) is 6.33. The minimum absolute atomic E-state index is 0.0935. The maximum absolute atomic E-state index is 13.0. The molecule has 1 unspecified atom stereocenters. The van der Waals surface area contributed by atoms with E-state index in [4.69, 9.17) is 5.10 Å². The minimum Gasteiger partial charge on any atom is -0.291 e. The van der Waals surface area contributed by atoms with Gasteiger partial charge in [-0.3, -0.25) is 14.6 Å². The highest BCUT2D eigenvalue weighted by Crippen LogP contribution is 2.37. The number of thiophene rings is 1. The van der Waals surface area contributed by atoms with Crippen molar-refractivity contribution in [2.75, 3.05) is 10.7 Å². The number of hydrogen-bond acceptors (Lipinski definition) is 5. The van der Waals surface area contributed by atoms with Crippen LogP contribution in [0, 0.1) is 0 Å². The third-order valence-electron chi connectivity index (χ3n) is 4.68. The van der Waals surface area contributed by atoms with Gasteiger partial charge in [0.05, 0.1) is 16.8 Å². The van der Waals surface area contributed by atoms with E-state index < -0.39 is 6.17 Å². The molecule has 1 atom stereocenters. The molecule has 0 spiro atoms. The van der Waals surface area contributed by atoms with Gasteiger partial charge in [0.25, 0.3) is 6.17 Å². The molecular formula is C20H21N4O2S2+. The highest BCUT2D eigenvalue weighted by Gasteiger charge is 2.44. The Bertz CT molecular complexity index is 1060. The van der Waals surface area contributed by atoms with E-state index in [1.54, 1.807) is 27.8 Å². The summed E-state index contributed by atoms with van der Waals surface area (Å²) in [6, 6.07) is 9.47. The Morgan fingerprint density at radius 2 is 2.18 bits per heavy atom. The number of aromatic amines is 1. The van der Waals surface area contributed by atoms with Crippen molar-refractivity contribution in [3.63, 3.8) is 0 Å². The lowest BCUT2D eigenvalue weighted by Gasteiger charge is -2.30. The minimum atomic E-state index is -0.485. The fraction of sp³-hybridized carbons (Fsp3) is 0.300. The number of carbonyl (C=O) groups excluding carboxylic acids is 1. The van der Waals surface area contributed by atoms with E-state index in [2.05, 4.69) is 11.9 Å². The number of hydrogen-bond donors (Lipinski definition) is 1. The normalized spacial score (nSPS) is 15.2. The second-order valence-electron chi connectivity index (χ2n) is 6.59. The number of amides is 1. The van der Waals surface area contributed by atoms with Gasteiger partial charge in [-0.05, 0) is 34.7 Å². The molecule has 0 fully saturated rings. The summed E-state index contributed by atoms with van der Waals surface area (Å²) in [6.07, 6.45) is 1.65. The van der Waals surface area contributed by atoms with E-state index in [9.17, 15) is 9.59 Å². The van der Waals surface area contributed by atoms with Gasteiger partial charge in [0.15, 0.2) is 0 Å². The molecule has 1 aliphatic rings. The SMILES string of the molecule is CCCCSc1n[n+]2c(c(=O)[nH]1)-c1ccccc1N(C(C)=O)C2c1ccsc1. The molecule has 3 heterocycles. The molecule has 0 aliphatic carbocycles. The lowest BCUT2D eigenvalue weighted by atomic mass is 10.0. The number of benzene rings is 1. The van der Waals surface area contributed by atoms with Crippen molar-refractivity contribution in [3.8, 4) is 11.3 Å². The van der Waals surface area contributed by atoms with Crippen LogP contribution in [0.3, 0.4) is 0 Å². The van der Waals surface area contributed by atoms with Crippen LogP contribution < -0.4 is 15.1 Å². The Labute approximate surface area is 171 Å². The van der Waals surface area contributed by atoms with Gasteiger partial charge in [0.2, 0.25) is 11.1 Å². The van der Waals surface area contributed by atoms with E-state index >= 15 is 0 Å². The molecule has 8 heteroatoms. The molecule has 2 aromatic heterocycles. The van der Waals surface area contributed by atoms with Gasteiger partial charge >= 0.3 is 11.3 Å². The van der Waals surface area contributed by atoms with Gasteiger partial charge in [-0.15, -0.1) is 0 Å². The first-order valence-electron chi connectivity index (χ1n) is 9.22. The van der Waals surface area contributed by atoms with Crippen LogP contribution in [0.2, 0.25) is 0 Å². The molecular weight excluding hydrogens is 392 g/mol. The van der Waals surface area contributed by atoms with Crippen LogP contribution >= 0.6 is 23.1 Å². The predicted octanol–water partition coefficient (Wildman–Crippen LogP) is 3.59. The van der Waals surface area contributed by atoms with Gasteiger partial charge in [0, 0.05) is 23.2 Å². The van der Waals surface area contributed by atoms with Crippen LogP contribution in [0.25, 0.3) is 11.3 Å². The van der Waals surface area contributed by atoms with Crippen molar-refractivity contribution in [2.24, 2.45) is 0 Å². The van der Waals surface area contributed by atoms with Gasteiger partial charge in [0.1, 0.15) is 0 Å². The van der Waals surface area contributed by atoms with Crippen LogP contribution in [0.4, 0.5) is 5.69 Å². The molecule has 0 radical (unpaired) electrons. The Morgan fingerprint density at radius 3 is 2.89 bits per heavy atom. The number of nitrogens with zero attached hydrogens (tertiary/aromatic N) is 3. The molecule has 1 aromatic carbocycles. The molecule has 0 saturated heterocycles. The fourth-order valence-electron chi connectivity index (χ4n) is 3.41. The zero-order chi connectivity index (χ0) is 19.7. The Balaban J connectivity index is 1.95. The van der Waals surface area contributed by atoms with Crippen molar-refractivity contribution in [1.82, 2.24) is 10.1 Å². The summed E-state index contributed by atoms with van der Waals surface area (Å²) in [4.78, 5) is 30.3. The molecule has 4 rings (SSSR count). The van der Waals surface area contributed by atoms with E-state index in [1.165, 1.54) is 11.8 Å². The molecule has 144 valence electrons. The van der Waals surface area contributed by atoms with Gasteiger partial charge in [-0.2, -0.15) is 11.3 Å². The number of H-pyrrole nitrogens is 1. The van der Waals surface area contributed by atoms with E-state index in [0.717, 1.165) is 29.8 Å². The topological polar surface area (TPSA) is 69.9 Å². The van der Waals surface area contributed by atoms with Crippen LogP contribution in [0.1, 0.15) is 38.4 Å². The van der Waals surface area contributed by atoms with Gasteiger partial charge in [-0.1, -0.05) is 37.2 Å². The van der Waals surface area contributed by atoms with E-state index in [-0.39, 0.29) is 11.5 Å². The predicted molar refractivity (Wildman–Crippen MR) is 112 cm³/mol. The molecule has 3 aromatic rings. The highest BCUT2D eigenvalue weighted by atomic mass is 32.2. The molecule has 1 amide bonds. The van der Waals surface area contributed by atoms with Crippen molar-refractivity contribution in [1.29, 1.82) is 0 Å². The number of rotatable bonds is 5. The van der Waals surface area contributed by atoms with E-state index in [1.807, 2.05) is 41.1 Å². The summed E-state index contributed by atoms with van der Waals surface area (Å²) in [6.45, 7) is 3.68. The molecule has 1 aliphatic heterocycles. The second-order valence-corrected chi connectivity index (χ2v) is 8.45. The largest absolute Gasteiger partial charge is 0.325 e. The summed E-state index contributed by atoms with van der Waals surface area (Å²) in [5.41, 5.74) is 2.66. The zero-order valence-corrected chi connectivity index (χ0v) is 17.3. The van der Waals surface area contributed by atoms with E-state index in [0.29, 0.717) is 16.4 Å². The molecule has 6 nitrogen and oxygen atoms in total. The number of thioether (sulfide) groups is 1. The van der Waals surface area contributed by atoms with Crippen LogP contribution in [0.5, 0.6) is 0 Å². The molecule has 1 N–H and O–H groups in total. The number of para-hydroxylation sites is 1. The summed E-state index contributed by atoms with van der Waals surface area (Å²) in [5.74, 6) is 0.790. The number of carbonyl (C=O) groups is 1. The van der Waals surface area contributed by atoms with Crippen LogP contribution in [-0.2, 0) is 4.79 Å². The smallest absolute Gasteiger partial charge is 0.291 e. The average molecular weight is 414 g/mol. The number of fused-ring (bicyclic) bond motifs is 3. The molecule has 0 saturated carbocycles. The van der Waals surface area contributed by atoms with Crippen molar-refractivity contribution in [2.45, 2.75) is 38.0 Å². The monoisotopic (exact) mass is 413 g/mol. The zero-order valence-electron chi connectivity index (χ0n) is 15.7. The highest BCUT2D eigenvalue weighted by molar-refractivity contribution is 7.99. The van der Waals surface area contributed by atoms with Gasteiger partial charge in [-0.25, -0.2) is 4.90 Å². The first-order valence-corrected chi connectivity index (χ1v) is 11.1. The third kappa shape index (κ3) is 3.27. The summed E-state index contributed by atoms with van der Waals surface area (Å²) >= 11 is 3.09. The van der Waals surface area contributed by atoms with Crippen molar-refractivity contribution >= 4 is 34.7 Å². The number of unbranched alkanes of at least 4 members (excludes halogenated alkanes) is 1. The second kappa shape index (κ2) is 7.89. The van der Waals surface area contributed by atoms with Crippen molar-refractivity contribution < 1.29 is 9.48 Å². The number of nitrogens with one attached hydrogen (secondary N) is 1. The molecule has 28 heavy (non-hydrogen) atoms. The van der Waals surface area contributed by atoms with Crippen LogP contribution in [-0.4, -0.2) is 21.7 Å². The fourth-order valence-corrected chi connectivity index (χ4v) is 5.02. The Morgan fingerprint density at radius 1 is 1.36 bits per heavy atom. The van der Waals surface area contributed by atoms with Crippen molar-refractivity contribution in [3.05, 3.63) is 57.0 Å². The van der Waals surface area contributed by atoms with Crippen LogP contribution in [0.15, 0.2) is 51.0 Å². The number of anilines is 1. The first kappa shape index (κ1) is 18.9. The molecule has 0 bridgehead atoms. The van der Waals surface area contributed by atoms with Gasteiger partial charge < -0.3 is 0 Å². The summed E-state index contributed by atoms with van der Waals surface area (Å²) in [5, 5.41) is 9.29. The summed E-state index contributed by atoms with van der Waals surface area (Å²) < 4.78 is 1.71.